The lowest BCUT2D eigenvalue weighted by molar-refractivity contribution is -0.137. The average Bonchev–Trinajstić information content (AvgIpc) is 2.41. The van der Waals surface area contributed by atoms with Crippen LogP contribution in [0.15, 0.2) is 42.5 Å². The molecule has 0 heterocycles. The Bertz CT molecular complexity index is 634. The molecule has 0 aliphatic carbocycles. The van der Waals surface area contributed by atoms with Gasteiger partial charge in [0, 0.05) is 6.42 Å². The van der Waals surface area contributed by atoms with Gasteiger partial charge in [0.05, 0.1) is 11.7 Å². The molecule has 21 heavy (non-hydrogen) atoms. The van der Waals surface area contributed by atoms with Crippen LogP contribution < -0.4 is 0 Å². The van der Waals surface area contributed by atoms with Gasteiger partial charge in [-0.15, -0.1) is 0 Å². The predicted molar refractivity (Wildman–Crippen MR) is 71.2 cm³/mol. The highest BCUT2D eigenvalue weighted by molar-refractivity contribution is 5.31. The average molecular weight is 298 g/mol. The first-order valence-corrected chi connectivity index (χ1v) is 6.37. The summed E-state index contributed by atoms with van der Waals surface area (Å²) in [5.74, 6) is -0.384. The van der Waals surface area contributed by atoms with Crippen molar-refractivity contribution in [3.05, 3.63) is 70.5 Å². The lowest BCUT2D eigenvalue weighted by Gasteiger charge is -2.15. The van der Waals surface area contributed by atoms with Crippen LogP contribution in [-0.2, 0) is 12.6 Å². The molecule has 0 amide bonds. The van der Waals surface area contributed by atoms with Crippen molar-refractivity contribution < 1.29 is 22.7 Å². The molecule has 1 atom stereocenters. The van der Waals surface area contributed by atoms with Crippen LogP contribution in [0.5, 0.6) is 0 Å². The van der Waals surface area contributed by atoms with Crippen molar-refractivity contribution in [1.29, 1.82) is 0 Å². The number of benzene rings is 2. The molecule has 0 aromatic heterocycles. The molecule has 0 radical (unpaired) electrons. The Hall–Kier alpha value is -1.88. The lowest BCUT2D eigenvalue weighted by Crippen LogP contribution is -2.08. The van der Waals surface area contributed by atoms with E-state index < -0.39 is 17.8 Å². The summed E-state index contributed by atoms with van der Waals surface area (Å²) >= 11 is 0. The van der Waals surface area contributed by atoms with Gasteiger partial charge in [0.2, 0.25) is 0 Å². The Kier molecular flexibility index (Phi) is 4.32. The summed E-state index contributed by atoms with van der Waals surface area (Å²) in [6.45, 7) is 1.69. The molecule has 1 N–H and O–H groups in total. The summed E-state index contributed by atoms with van der Waals surface area (Å²) in [5, 5.41) is 10.1. The standard InChI is InChI=1S/C16H14F4O/c1-10-7-14(17)6-5-11(10)9-15(21)12-3-2-4-13(8-12)16(18,19)20/h2-8,15,21H,9H2,1H3. The van der Waals surface area contributed by atoms with Crippen LogP contribution in [0.2, 0.25) is 0 Å². The van der Waals surface area contributed by atoms with Gasteiger partial charge in [0.25, 0.3) is 0 Å². The van der Waals surface area contributed by atoms with Crippen LogP contribution in [-0.4, -0.2) is 5.11 Å². The number of aryl methyl sites for hydroxylation is 1. The van der Waals surface area contributed by atoms with E-state index in [1.807, 2.05) is 0 Å². The fourth-order valence-electron chi connectivity index (χ4n) is 2.14. The molecule has 1 unspecified atom stereocenters. The number of aliphatic hydroxyl groups excluding tert-OH is 1. The lowest BCUT2D eigenvalue weighted by atomic mass is 9.97. The van der Waals surface area contributed by atoms with E-state index in [-0.39, 0.29) is 17.8 Å². The van der Waals surface area contributed by atoms with E-state index in [4.69, 9.17) is 0 Å². The maximum Gasteiger partial charge on any atom is 0.416 e. The molecule has 0 saturated carbocycles. The van der Waals surface area contributed by atoms with Gasteiger partial charge in [-0.1, -0.05) is 18.2 Å². The van der Waals surface area contributed by atoms with Crippen LogP contribution in [0, 0.1) is 12.7 Å². The van der Waals surface area contributed by atoms with Gasteiger partial charge in [-0.25, -0.2) is 4.39 Å². The van der Waals surface area contributed by atoms with E-state index >= 15 is 0 Å². The van der Waals surface area contributed by atoms with E-state index in [9.17, 15) is 22.7 Å². The number of aliphatic hydroxyl groups is 1. The van der Waals surface area contributed by atoms with E-state index in [0.29, 0.717) is 11.1 Å². The Morgan fingerprint density at radius 1 is 1.10 bits per heavy atom. The second kappa shape index (κ2) is 5.85. The van der Waals surface area contributed by atoms with Crippen molar-refractivity contribution >= 4 is 0 Å². The highest BCUT2D eigenvalue weighted by Crippen LogP contribution is 2.31. The van der Waals surface area contributed by atoms with Crippen LogP contribution in [0.4, 0.5) is 17.6 Å². The van der Waals surface area contributed by atoms with Crippen LogP contribution in [0.3, 0.4) is 0 Å². The Morgan fingerprint density at radius 3 is 2.43 bits per heavy atom. The molecule has 112 valence electrons. The number of hydrogen-bond donors (Lipinski definition) is 1. The molecule has 2 rings (SSSR count). The first-order valence-electron chi connectivity index (χ1n) is 6.37. The minimum atomic E-state index is -4.44. The summed E-state index contributed by atoms with van der Waals surface area (Å²) in [4.78, 5) is 0. The molecule has 0 spiro atoms. The topological polar surface area (TPSA) is 20.2 Å². The first-order chi connectivity index (χ1) is 9.77. The minimum absolute atomic E-state index is 0.132. The molecule has 0 saturated heterocycles. The monoisotopic (exact) mass is 298 g/mol. The van der Waals surface area contributed by atoms with E-state index in [1.54, 1.807) is 6.92 Å². The summed E-state index contributed by atoms with van der Waals surface area (Å²) < 4.78 is 50.9. The predicted octanol–water partition coefficient (Wildman–Crippen LogP) is 4.43. The molecule has 2 aromatic carbocycles. The van der Waals surface area contributed by atoms with E-state index in [2.05, 4.69) is 0 Å². The van der Waals surface area contributed by atoms with Gasteiger partial charge in [0.15, 0.2) is 0 Å². The Morgan fingerprint density at radius 2 is 1.81 bits per heavy atom. The fourth-order valence-corrected chi connectivity index (χ4v) is 2.14. The molecule has 0 aliphatic heterocycles. The smallest absolute Gasteiger partial charge is 0.388 e. The maximum absolute atomic E-state index is 13.0. The van der Waals surface area contributed by atoms with Crippen molar-refractivity contribution in [3.8, 4) is 0 Å². The van der Waals surface area contributed by atoms with Crippen molar-refractivity contribution in [2.45, 2.75) is 25.6 Å². The zero-order chi connectivity index (χ0) is 15.6. The molecule has 2 aromatic rings. The van der Waals surface area contributed by atoms with Crippen LogP contribution in [0.25, 0.3) is 0 Å². The summed E-state index contributed by atoms with van der Waals surface area (Å²) in [6, 6.07) is 8.72. The van der Waals surface area contributed by atoms with Gasteiger partial charge in [-0.3, -0.25) is 0 Å². The van der Waals surface area contributed by atoms with E-state index in [0.717, 1.165) is 12.1 Å². The van der Waals surface area contributed by atoms with Crippen molar-refractivity contribution in [2.24, 2.45) is 0 Å². The molecule has 0 bridgehead atoms. The van der Waals surface area contributed by atoms with Crippen molar-refractivity contribution in [2.75, 3.05) is 0 Å². The molecule has 1 nitrogen and oxygen atoms in total. The molecule has 0 fully saturated rings. The molecular formula is C16H14F4O. The highest BCUT2D eigenvalue weighted by atomic mass is 19.4. The van der Waals surface area contributed by atoms with E-state index in [1.165, 1.54) is 30.3 Å². The minimum Gasteiger partial charge on any atom is -0.388 e. The molecular weight excluding hydrogens is 284 g/mol. The number of hydrogen-bond acceptors (Lipinski definition) is 1. The van der Waals surface area contributed by atoms with Crippen molar-refractivity contribution in [1.82, 2.24) is 0 Å². The van der Waals surface area contributed by atoms with Crippen LogP contribution >= 0.6 is 0 Å². The third-order valence-electron chi connectivity index (χ3n) is 3.32. The normalized spacial score (nSPS) is 13.2. The maximum atomic E-state index is 13.0. The fraction of sp³-hybridized carbons (Fsp3) is 0.250. The Balaban J connectivity index is 2.22. The largest absolute Gasteiger partial charge is 0.416 e. The van der Waals surface area contributed by atoms with Crippen molar-refractivity contribution in [3.63, 3.8) is 0 Å². The summed E-state index contributed by atoms with van der Waals surface area (Å²) in [6.07, 6.45) is -5.38. The quantitative estimate of drug-likeness (QED) is 0.831. The van der Waals surface area contributed by atoms with Gasteiger partial charge in [-0.2, -0.15) is 13.2 Å². The first kappa shape index (κ1) is 15.5. The molecule has 0 aliphatic rings. The van der Waals surface area contributed by atoms with Crippen LogP contribution in [0.1, 0.15) is 28.4 Å². The number of alkyl halides is 3. The summed E-state index contributed by atoms with van der Waals surface area (Å²) in [7, 11) is 0. The van der Waals surface area contributed by atoms with Gasteiger partial charge < -0.3 is 5.11 Å². The Labute approximate surface area is 119 Å². The zero-order valence-corrected chi connectivity index (χ0v) is 11.3. The third-order valence-corrected chi connectivity index (χ3v) is 3.32. The summed E-state index contributed by atoms with van der Waals surface area (Å²) in [5.41, 5.74) is 0.741. The third kappa shape index (κ3) is 3.82. The molecule has 5 heteroatoms. The number of rotatable bonds is 3. The second-order valence-electron chi connectivity index (χ2n) is 4.91. The van der Waals surface area contributed by atoms with Gasteiger partial charge in [-0.05, 0) is 47.9 Å². The van der Waals surface area contributed by atoms with Gasteiger partial charge >= 0.3 is 6.18 Å². The van der Waals surface area contributed by atoms with Gasteiger partial charge in [0.1, 0.15) is 5.82 Å². The SMILES string of the molecule is Cc1cc(F)ccc1CC(O)c1cccc(C(F)(F)F)c1. The number of halogens is 4. The highest BCUT2D eigenvalue weighted by Gasteiger charge is 2.30. The zero-order valence-electron chi connectivity index (χ0n) is 11.3. The second-order valence-corrected chi connectivity index (χ2v) is 4.91.